The molecule has 31 heavy (non-hydrogen) atoms. The number of nitriles is 1. The number of sulfonamides is 1. The Kier molecular flexibility index (Phi) is 6.96. The third kappa shape index (κ3) is 5.43. The molecule has 11 heteroatoms. The van der Waals surface area contributed by atoms with Gasteiger partial charge in [-0.15, -0.1) is 0 Å². The molecule has 2 aromatic carbocycles. The molecular formula is C20H18FN3O6S. The molecule has 1 saturated heterocycles. The summed E-state index contributed by atoms with van der Waals surface area (Å²) in [4.78, 5) is 24.0. The molecule has 2 aromatic rings. The molecule has 0 spiro atoms. The molecule has 0 atom stereocenters. The van der Waals surface area contributed by atoms with Crippen LogP contribution in [0.15, 0.2) is 47.4 Å². The second-order valence-corrected chi connectivity index (χ2v) is 8.41. The third-order valence-electron chi connectivity index (χ3n) is 4.40. The zero-order valence-corrected chi connectivity index (χ0v) is 17.0. The molecule has 0 radical (unpaired) electrons. The number of morpholine rings is 1. The highest BCUT2D eigenvalue weighted by Gasteiger charge is 2.28. The van der Waals surface area contributed by atoms with Gasteiger partial charge in [0, 0.05) is 18.8 Å². The van der Waals surface area contributed by atoms with E-state index in [2.05, 4.69) is 5.32 Å². The number of hydrogen-bond acceptors (Lipinski definition) is 7. The van der Waals surface area contributed by atoms with Gasteiger partial charge in [0.1, 0.15) is 5.82 Å². The summed E-state index contributed by atoms with van der Waals surface area (Å²) >= 11 is 0. The minimum absolute atomic E-state index is 0.148. The Morgan fingerprint density at radius 1 is 1.16 bits per heavy atom. The fourth-order valence-corrected chi connectivity index (χ4v) is 4.23. The number of esters is 1. The number of carbonyl (C=O) groups is 2. The standard InChI is InChI=1S/C20H18FN3O6S/c21-18-6-5-16(31(27,28)24-7-9-29-10-8-24)11-17(18)20(26)30-13-19(25)23-15-3-1-14(12-22)2-4-15/h1-6,11H,7-10,13H2,(H,23,25). The van der Waals surface area contributed by atoms with E-state index in [4.69, 9.17) is 14.7 Å². The van der Waals surface area contributed by atoms with Gasteiger partial charge < -0.3 is 14.8 Å². The molecule has 9 nitrogen and oxygen atoms in total. The van der Waals surface area contributed by atoms with Crippen molar-refractivity contribution in [1.29, 1.82) is 5.26 Å². The number of amides is 1. The lowest BCUT2D eigenvalue weighted by molar-refractivity contribution is -0.119. The number of carbonyl (C=O) groups excluding carboxylic acids is 2. The van der Waals surface area contributed by atoms with Gasteiger partial charge in [0.25, 0.3) is 5.91 Å². The number of benzene rings is 2. The number of nitrogens with zero attached hydrogens (tertiary/aromatic N) is 2. The van der Waals surface area contributed by atoms with Crippen molar-refractivity contribution in [2.24, 2.45) is 0 Å². The van der Waals surface area contributed by atoms with Gasteiger partial charge in [-0.3, -0.25) is 4.79 Å². The Labute approximate surface area is 178 Å². The molecule has 1 aliphatic heterocycles. The van der Waals surface area contributed by atoms with Gasteiger partial charge in [0.05, 0.1) is 35.3 Å². The third-order valence-corrected chi connectivity index (χ3v) is 6.29. The van der Waals surface area contributed by atoms with E-state index in [1.807, 2.05) is 6.07 Å². The lowest BCUT2D eigenvalue weighted by Crippen LogP contribution is -2.40. The van der Waals surface area contributed by atoms with Crippen LogP contribution in [0.3, 0.4) is 0 Å². The Bertz CT molecular complexity index is 1120. The lowest BCUT2D eigenvalue weighted by atomic mass is 10.2. The van der Waals surface area contributed by atoms with Crippen LogP contribution in [0, 0.1) is 17.1 Å². The summed E-state index contributed by atoms with van der Waals surface area (Å²) in [7, 11) is -3.94. The molecule has 1 fully saturated rings. The van der Waals surface area contributed by atoms with E-state index in [0.29, 0.717) is 11.3 Å². The zero-order valence-electron chi connectivity index (χ0n) is 16.2. The van der Waals surface area contributed by atoms with Crippen LogP contribution in [0.2, 0.25) is 0 Å². The molecule has 3 rings (SSSR count). The number of nitrogens with one attached hydrogen (secondary N) is 1. The van der Waals surface area contributed by atoms with Crippen molar-refractivity contribution in [2.75, 3.05) is 38.2 Å². The van der Waals surface area contributed by atoms with Crippen molar-refractivity contribution in [2.45, 2.75) is 4.90 Å². The normalized spacial score (nSPS) is 14.5. The van der Waals surface area contributed by atoms with E-state index in [-0.39, 0.29) is 31.2 Å². The van der Waals surface area contributed by atoms with Crippen LogP contribution in [0.4, 0.5) is 10.1 Å². The van der Waals surface area contributed by atoms with Crippen LogP contribution in [0.5, 0.6) is 0 Å². The molecule has 0 saturated carbocycles. The van der Waals surface area contributed by atoms with Crippen LogP contribution in [0.25, 0.3) is 0 Å². The molecule has 1 N–H and O–H groups in total. The molecule has 1 amide bonds. The summed E-state index contributed by atoms with van der Waals surface area (Å²) in [5.41, 5.74) is 0.192. The first-order valence-corrected chi connectivity index (χ1v) is 10.6. The molecule has 1 aliphatic rings. The fourth-order valence-electron chi connectivity index (χ4n) is 2.79. The highest BCUT2D eigenvalue weighted by atomic mass is 32.2. The van der Waals surface area contributed by atoms with Crippen molar-refractivity contribution in [3.05, 3.63) is 59.4 Å². The maximum absolute atomic E-state index is 14.1. The van der Waals surface area contributed by atoms with E-state index in [1.165, 1.54) is 28.6 Å². The van der Waals surface area contributed by atoms with Gasteiger partial charge in [-0.2, -0.15) is 9.57 Å². The molecule has 0 aromatic heterocycles. The second kappa shape index (κ2) is 9.65. The number of halogens is 1. The first-order valence-electron chi connectivity index (χ1n) is 9.16. The zero-order chi connectivity index (χ0) is 22.4. The fraction of sp³-hybridized carbons (Fsp3) is 0.250. The molecule has 1 heterocycles. The SMILES string of the molecule is N#Cc1ccc(NC(=O)COC(=O)c2cc(S(=O)(=O)N3CCOCC3)ccc2F)cc1. The van der Waals surface area contributed by atoms with Crippen LogP contribution in [0.1, 0.15) is 15.9 Å². The second-order valence-electron chi connectivity index (χ2n) is 6.47. The largest absolute Gasteiger partial charge is 0.452 e. The number of anilines is 1. The van der Waals surface area contributed by atoms with Gasteiger partial charge >= 0.3 is 5.97 Å². The van der Waals surface area contributed by atoms with Crippen molar-refractivity contribution in [1.82, 2.24) is 4.31 Å². The summed E-state index contributed by atoms with van der Waals surface area (Å²) in [5, 5.41) is 11.2. The van der Waals surface area contributed by atoms with Crippen molar-refractivity contribution >= 4 is 27.6 Å². The van der Waals surface area contributed by atoms with Crippen LogP contribution < -0.4 is 5.32 Å². The topological polar surface area (TPSA) is 126 Å². The van der Waals surface area contributed by atoms with Crippen molar-refractivity contribution in [3.63, 3.8) is 0 Å². The minimum atomic E-state index is -3.94. The Morgan fingerprint density at radius 3 is 2.48 bits per heavy atom. The molecule has 162 valence electrons. The predicted molar refractivity (Wildman–Crippen MR) is 106 cm³/mol. The highest BCUT2D eigenvalue weighted by molar-refractivity contribution is 7.89. The minimum Gasteiger partial charge on any atom is -0.452 e. The van der Waals surface area contributed by atoms with Crippen LogP contribution in [-0.4, -0.2) is 57.5 Å². The van der Waals surface area contributed by atoms with Gasteiger partial charge in [-0.1, -0.05) is 0 Å². The summed E-state index contributed by atoms with van der Waals surface area (Å²) < 4.78 is 50.7. The highest BCUT2D eigenvalue weighted by Crippen LogP contribution is 2.21. The molecular weight excluding hydrogens is 429 g/mol. The average molecular weight is 447 g/mol. The van der Waals surface area contributed by atoms with E-state index in [0.717, 1.165) is 18.2 Å². The molecule has 0 bridgehead atoms. The Hall–Kier alpha value is -3.33. The maximum atomic E-state index is 14.1. The molecule has 0 aliphatic carbocycles. The summed E-state index contributed by atoms with van der Waals surface area (Å²) in [6.07, 6.45) is 0. The average Bonchev–Trinajstić information content (AvgIpc) is 2.78. The van der Waals surface area contributed by atoms with Gasteiger partial charge in [0.2, 0.25) is 10.0 Å². The van der Waals surface area contributed by atoms with E-state index in [1.54, 1.807) is 0 Å². The summed E-state index contributed by atoms with van der Waals surface area (Å²) in [6.45, 7) is 0.0656. The van der Waals surface area contributed by atoms with Gasteiger partial charge in [-0.25, -0.2) is 17.6 Å². The van der Waals surface area contributed by atoms with Crippen LogP contribution in [-0.2, 0) is 24.3 Å². The first-order chi connectivity index (χ1) is 14.8. The number of rotatable bonds is 6. The lowest BCUT2D eigenvalue weighted by Gasteiger charge is -2.26. The van der Waals surface area contributed by atoms with E-state index < -0.39 is 39.9 Å². The van der Waals surface area contributed by atoms with Gasteiger partial charge in [-0.05, 0) is 42.5 Å². The number of ether oxygens (including phenoxy) is 2. The van der Waals surface area contributed by atoms with Crippen LogP contribution >= 0.6 is 0 Å². The number of hydrogen-bond donors (Lipinski definition) is 1. The smallest absolute Gasteiger partial charge is 0.341 e. The van der Waals surface area contributed by atoms with Crippen molar-refractivity contribution in [3.8, 4) is 6.07 Å². The van der Waals surface area contributed by atoms with E-state index >= 15 is 0 Å². The Balaban J connectivity index is 1.66. The monoisotopic (exact) mass is 447 g/mol. The summed E-state index contributed by atoms with van der Waals surface area (Å²) in [5.74, 6) is -2.83. The molecule has 0 unspecified atom stereocenters. The Morgan fingerprint density at radius 2 is 1.84 bits per heavy atom. The van der Waals surface area contributed by atoms with Crippen molar-refractivity contribution < 1.29 is 31.9 Å². The summed E-state index contributed by atoms with van der Waals surface area (Å²) in [6, 6.07) is 10.7. The predicted octanol–water partition coefficient (Wildman–Crippen LogP) is 1.51. The van der Waals surface area contributed by atoms with E-state index in [9.17, 15) is 22.4 Å². The quantitative estimate of drug-likeness (QED) is 0.665. The first kappa shape index (κ1) is 22.4. The maximum Gasteiger partial charge on any atom is 0.341 e. The van der Waals surface area contributed by atoms with Gasteiger partial charge in [0.15, 0.2) is 6.61 Å².